The van der Waals surface area contributed by atoms with E-state index in [1.54, 1.807) is 57.2 Å². The topological polar surface area (TPSA) is 189 Å². The Bertz CT molecular complexity index is 1200. The molecule has 0 bridgehead atoms. The molecule has 0 fully saturated rings. The number of benzene rings is 2. The summed E-state index contributed by atoms with van der Waals surface area (Å²) in [6.07, 6.45) is -1.73. The van der Waals surface area contributed by atoms with E-state index in [2.05, 4.69) is 16.0 Å². The lowest BCUT2D eigenvalue weighted by Gasteiger charge is -2.19. The summed E-state index contributed by atoms with van der Waals surface area (Å²) in [4.78, 5) is 34.5. The van der Waals surface area contributed by atoms with Crippen molar-refractivity contribution in [1.82, 2.24) is 16.0 Å². The molecular formula is C31H46N6O6. The quantitative estimate of drug-likeness (QED) is 0.129. The lowest BCUT2D eigenvalue weighted by Crippen LogP contribution is -2.32. The fourth-order valence-corrected chi connectivity index (χ4v) is 2.99. The molecule has 0 spiro atoms. The largest absolute Gasteiger partial charge is 0.449 e. The molecule has 0 radical (unpaired) electrons. The Hall–Kier alpha value is -4.45. The average Bonchev–Trinajstić information content (AvgIpc) is 2.93. The molecule has 0 aliphatic heterocycles. The van der Waals surface area contributed by atoms with Gasteiger partial charge in [0.05, 0.1) is 13.2 Å². The Morgan fingerprint density at radius 3 is 1.47 bits per heavy atom. The van der Waals surface area contributed by atoms with Crippen LogP contribution in [0.4, 0.5) is 14.4 Å². The van der Waals surface area contributed by atoms with Gasteiger partial charge in [-0.1, -0.05) is 76.2 Å². The fraction of sp³-hybridized carbons (Fsp3) is 0.452. The Morgan fingerprint density at radius 1 is 0.721 bits per heavy atom. The summed E-state index contributed by atoms with van der Waals surface area (Å²) in [6.45, 7) is 14.6. The minimum atomic E-state index is -0.644. The van der Waals surface area contributed by atoms with E-state index in [4.69, 9.17) is 30.8 Å². The van der Waals surface area contributed by atoms with Gasteiger partial charge in [-0.2, -0.15) is 0 Å². The van der Waals surface area contributed by atoms with Crippen LogP contribution in [0.25, 0.3) is 0 Å². The first-order valence-corrected chi connectivity index (χ1v) is 14.0. The predicted molar refractivity (Wildman–Crippen MR) is 166 cm³/mol. The highest BCUT2D eigenvalue weighted by Gasteiger charge is 2.16. The minimum Gasteiger partial charge on any atom is -0.449 e. The number of ether oxygens (including phenoxy) is 3. The number of rotatable bonds is 9. The van der Waals surface area contributed by atoms with Gasteiger partial charge in [0.25, 0.3) is 0 Å². The third-order valence-corrected chi connectivity index (χ3v) is 5.11. The number of carbonyl (C=O) groups is 3. The summed E-state index contributed by atoms with van der Waals surface area (Å²) in [6, 6.07) is 14.1. The summed E-state index contributed by atoms with van der Waals surface area (Å²) in [5, 5.41) is 23.0. The van der Waals surface area contributed by atoms with Crippen molar-refractivity contribution in [2.75, 3.05) is 13.2 Å². The van der Waals surface area contributed by atoms with Gasteiger partial charge in [0, 0.05) is 24.2 Å². The molecule has 0 unspecified atom stereocenters. The average molecular weight is 599 g/mol. The molecular weight excluding hydrogens is 552 g/mol. The van der Waals surface area contributed by atoms with Crippen LogP contribution in [0.15, 0.2) is 48.5 Å². The van der Waals surface area contributed by atoms with Crippen LogP contribution in [0.3, 0.4) is 0 Å². The Labute approximate surface area is 254 Å². The van der Waals surface area contributed by atoms with Gasteiger partial charge in [-0.3, -0.25) is 21.5 Å². The van der Waals surface area contributed by atoms with Crippen molar-refractivity contribution in [1.29, 1.82) is 10.8 Å². The molecule has 0 aliphatic carbocycles. The summed E-state index contributed by atoms with van der Waals surface area (Å²) in [5.41, 5.74) is 7.93. The number of hydrogen-bond donors (Lipinski definition) is 6. The summed E-state index contributed by atoms with van der Waals surface area (Å²) < 4.78 is 15.1. The maximum Gasteiger partial charge on any atom is 0.412 e. The first-order valence-electron chi connectivity index (χ1n) is 14.0. The zero-order valence-electron chi connectivity index (χ0n) is 26.1. The second kappa shape index (κ2) is 18.2. The number of carbonyl (C=O) groups excluding carboxylic acids is 3. The van der Waals surface area contributed by atoms with E-state index in [1.165, 1.54) is 0 Å². The highest BCUT2D eigenvalue weighted by molar-refractivity contribution is 6.05. The normalized spacial score (nSPS) is 10.7. The molecule has 0 saturated carbocycles. The highest BCUT2D eigenvalue weighted by Crippen LogP contribution is 2.08. The van der Waals surface area contributed by atoms with Gasteiger partial charge in [-0.05, 0) is 43.7 Å². The molecule has 0 aromatic heterocycles. The molecule has 2 rings (SSSR count). The van der Waals surface area contributed by atoms with Gasteiger partial charge in [-0.15, -0.1) is 0 Å². The first-order chi connectivity index (χ1) is 20.1. The van der Waals surface area contributed by atoms with Crippen molar-refractivity contribution in [2.24, 2.45) is 17.6 Å². The number of alkyl carbamates (subject to hydrolysis) is 3. The monoisotopic (exact) mass is 598 g/mol. The van der Waals surface area contributed by atoms with Gasteiger partial charge >= 0.3 is 18.3 Å². The maximum absolute atomic E-state index is 11.6. The van der Waals surface area contributed by atoms with Crippen molar-refractivity contribution in [3.05, 3.63) is 70.8 Å². The van der Waals surface area contributed by atoms with E-state index < -0.39 is 23.9 Å². The summed E-state index contributed by atoms with van der Waals surface area (Å²) >= 11 is 0. The Balaban J connectivity index is 0.000000453. The SMILES string of the molecule is CC(C)COC(=O)NC(=N)c1ccc(CN)cc1.CC(C)COC(=O)NC(=N)c1ccc(CNC(=O)OC(C)(C)C)cc1. The standard InChI is InChI=1S/C18H27N3O4.C13H19N3O2/c1-12(2)11-24-17(23)21-15(19)14-8-6-13(7-9-14)10-20-16(22)25-18(3,4)5;1-9(2)8-18-13(17)16-12(15)11-5-3-10(7-14)4-6-11/h6-9,12H,10-11H2,1-5H3,(H,20,22)(H2,19,21,23);3-6,9H,7-8,14H2,1-2H3,(H2,15,16,17). The van der Waals surface area contributed by atoms with E-state index in [0.717, 1.165) is 11.1 Å². The molecule has 0 aliphatic rings. The smallest absolute Gasteiger partial charge is 0.412 e. The van der Waals surface area contributed by atoms with Crippen molar-refractivity contribution >= 4 is 30.0 Å². The van der Waals surface area contributed by atoms with Crippen LogP contribution >= 0.6 is 0 Å². The van der Waals surface area contributed by atoms with Crippen molar-refractivity contribution in [3.8, 4) is 0 Å². The molecule has 43 heavy (non-hydrogen) atoms. The van der Waals surface area contributed by atoms with E-state index in [-0.39, 0.29) is 23.5 Å². The van der Waals surface area contributed by atoms with Crippen LogP contribution in [0.2, 0.25) is 0 Å². The van der Waals surface area contributed by atoms with Gasteiger partial charge < -0.3 is 25.3 Å². The summed E-state index contributed by atoms with van der Waals surface area (Å²) in [7, 11) is 0. The molecule has 7 N–H and O–H groups in total. The lowest BCUT2D eigenvalue weighted by molar-refractivity contribution is 0.0523. The van der Waals surface area contributed by atoms with Crippen LogP contribution in [0.1, 0.15) is 70.7 Å². The molecule has 0 heterocycles. The second-order valence-electron chi connectivity index (χ2n) is 11.4. The lowest BCUT2D eigenvalue weighted by atomic mass is 10.1. The van der Waals surface area contributed by atoms with Gasteiger partial charge in [0.15, 0.2) is 0 Å². The number of hydrogen-bond acceptors (Lipinski definition) is 9. The van der Waals surface area contributed by atoms with E-state index in [0.29, 0.717) is 37.4 Å². The molecule has 236 valence electrons. The fourth-order valence-electron chi connectivity index (χ4n) is 2.99. The zero-order chi connectivity index (χ0) is 32.6. The Kier molecular flexibility index (Phi) is 15.5. The van der Waals surface area contributed by atoms with Crippen molar-refractivity contribution in [3.63, 3.8) is 0 Å². The molecule has 3 amide bonds. The second-order valence-corrected chi connectivity index (χ2v) is 11.4. The molecule has 12 heteroatoms. The molecule has 0 atom stereocenters. The Morgan fingerprint density at radius 2 is 1.12 bits per heavy atom. The summed E-state index contributed by atoms with van der Waals surface area (Å²) in [5.74, 6) is 0.484. The number of nitrogens with two attached hydrogens (primary N) is 1. The van der Waals surface area contributed by atoms with Gasteiger partial charge in [0.2, 0.25) is 0 Å². The van der Waals surface area contributed by atoms with Crippen LogP contribution in [0.5, 0.6) is 0 Å². The molecule has 0 saturated heterocycles. The van der Waals surface area contributed by atoms with Crippen LogP contribution in [-0.2, 0) is 27.3 Å². The van der Waals surface area contributed by atoms with E-state index in [9.17, 15) is 14.4 Å². The van der Waals surface area contributed by atoms with Crippen LogP contribution in [-0.4, -0.2) is 48.8 Å². The molecule has 2 aromatic carbocycles. The first kappa shape index (κ1) is 36.6. The van der Waals surface area contributed by atoms with Gasteiger partial charge in [-0.25, -0.2) is 14.4 Å². The highest BCUT2D eigenvalue weighted by atomic mass is 16.6. The number of nitrogens with one attached hydrogen (secondary N) is 5. The van der Waals surface area contributed by atoms with Gasteiger partial charge in [0.1, 0.15) is 17.3 Å². The predicted octanol–water partition coefficient (Wildman–Crippen LogP) is 5.27. The van der Waals surface area contributed by atoms with Crippen molar-refractivity contribution in [2.45, 2.75) is 67.2 Å². The maximum atomic E-state index is 11.6. The number of amidine groups is 2. The molecule has 12 nitrogen and oxygen atoms in total. The third kappa shape index (κ3) is 16.5. The van der Waals surface area contributed by atoms with Crippen LogP contribution < -0.4 is 21.7 Å². The van der Waals surface area contributed by atoms with Crippen LogP contribution in [0, 0.1) is 22.7 Å². The third-order valence-electron chi connectivity index (χ3n) is 5.11. The van der Waals surface area contributed by atoms with Crippen molar-refractivity contribution < 1.29 is 28.6 Å². The van der Waals surface area contributed by atoms with E-state index in [1.807, 2.05) is 39.8 Å². The van der Waals surface area contributed by atoms with E-state index >= 15 is 0 Å². The number of amides is 3. The minimum absolute atomic E-state index is 0.0207. The zero-order valence-corrected chi connectivity index (χ0v) is 26.1. The molecule has 2 aromatic rings.